The third-order valence-electron chi connectivity index (χ3n) is 10.4. The molecule has 0 aromatic carbocycles. The number of carbonyl (C=O) groups excluding carboxylic acids is 2. The van der Waals surface area contributed by atoms with E-state index in [0.717, 1.165) is 44.9 Å². The highest BCUT2D eigenvalue weighted by atomic mass is 31.2. The fourth-order valence-corrected chi connectivity index (χ4v) is 7.52. The molecule has 2 atom stereocenters. The lowest BCUT2D eigenvalue weighted by Gasteiger charge is -2.15. The molecule has 10 heteroatoms. The summed E-state index contributed by atoms with van der Waals surface area (Å²) in [6.45, 7) is 3.56. The van der Waals surface area contributed by atoms with E-state index in [1.165, 1.54) is 161 Å². The zero-order chi connectivity index (χ0) is 41.8. The van der Waals surface area contributed by atoms with Crippen molar-refractivity contribution < 1.29 is 37.9 Å². The predicted octanol–water partition coefficient (Wildman–Crippen LogP) is 13.6. The quantitative estimate of drug-likeness (QED) is 0.0239. The molecule has 0 spiro atoms. The fraction of sp³-hybridized carbons (Fsp3) is 0.872. The maximum atomic E-state index is 12.1. The van der Waals surface area contributed by atoms with Crippen molar-refractivity contribution in [1.82, 2.24) is 5.32 Å². The summed E-state index contributed by atoms with van der Waals surface area (Å²) in [6.07, 6.45) is 48.2. The van der Waals surface area contributed by atoms with Gasteiger partial charge < -0.3 is 20.1 Å². The van der Waals surface area contributed by atoms with E-state index < -0.39 is 26.5 Å². The Hall–Kier alpha value is -1.51. The molecule has 57 heavy (non-hydrogen) atoms. The number of carbonyl (C=O) groups is 2. The Bertz CT molecular complexity index is 990. The number of hydrogen-bond acceptors (Lipinski definition) is 7. The van der Waals surface area contributed by atoms with Crippen molar-refractivity contribution in [2.24, 2.45) is 0 Å². The number of unbranched alkanes of at least 4 members (excludes halogenated alkanes) is 28. The SMILES string of the molecule is CCCCC/C=C\C/C=C\CCCCCCCCCCCC(=O)OCC(O)COP(=O)(O)OCCNC(=O)CCCCCCCCCCCCCCCCCCC. The first-order valence-electron chi connectivity index (χ1n) is 23.8. The first-order valence-corrected chi connectivity index (χ1v) is 25.3. The van der Waals surface area contributed by atoms with E-state index in [2.05, 4.69) is 43.5 Å². The highest BCUT2D eigenvalue weighted by Gasteiger charge is 2.23. The number of phosphoric ester groups is 1. The molecule has 0 aliphatic heterocycles. The molecule has 9 nitrogen and oxygen atoms in total. The minimum atomic E-state index is -4.42. The Morgan fingerprint density at radius 1 is 0.544 bits per heavy atom. The first-order chi connectivity index (χ1) is 27.8. The molecule has 0 fully saturated rings. The molecular formula is C47H90NO8P. The maximum Gasteiger partial charge on any atom is 0.472 e. The van der Waals surface area contributed by atoms with Crippen LogP contribution in [0.1, 0.15) is 232 Å². The van der Waals surface area contributed by atoms with Gasteiger partial charge in [-0.25, -0.2) is 4.57 Å². The summed E-state index contributed by atoms with van der Waals surface area (Å²) in [5.41, 5.74) is 0. The Labute approximate surface area is 350 Å². The average Bonchev–Trinajstić information content (AvgIpc) is 3.20. The molecule has 0 rings (SSSR count). The van der Waals surface area contributed by atoms with Gasteiger partial charge in [0.1, 0.15) is 12.7 Å². The van der Waals surface area contributed by atoms with Crippen molar-refractivity contribution in [2.75, 3.05) is 26.4 Å². The maximum absolute atomic E-state index is 12.1. The van der Waals surface area contributed by atoms with E-state index in [1.54, 1.807) is 0 Å². The molecule has 336 valence electrons. The molecule has 0 heterocycles. The second-order valence-corrected chi connectivity index (χ2v) is 17.5. The van der Waals surface area contributed by atoms with Crippen LogP contribution < -0.4 is 5.32 Å². The van der Waals surface area contributed by atoms with Crippen molar-refractivity contribution in [2.45, 2.75) is 238 Å². The molecule has 0 aromatic rings. The summed E-state index contributed by atoms with van der Waals surface area (Å²) in [5, 5.41) is 12.7. The number of phosphoric acid groups is 1. The second-order valence-electron chi connectivity index (χ2n) is 16.1. The van der Waals surface area contributed by atoms with Crippen LogP contribution in [0.3, 0.4) is 0 Å². The summed E-state index contributed by atoms with van der Waals surface area (Å²) in [5.74, 6) is -0.512. The molecule has 1 amide bonds. The van der Waals surface area contributed by atoms with Gasteiger partial charge in [-0.1, -0.05) is 199 Å². The van der Waals surface area contributed by atoms with E-state index >= 15 is 0 Å². The lowest BCUT2D eigenvalue weighted by molar-refractivity contribution is -0.147. The van der Waals surface area contributed by atoms with Gasteiger partial charge in [0, 0.05) is 19.4 Å². The van der Waals surface area contributed by atoms with Gasteiger partial charge >= 0.3 is 13.8 Å². The molecule has 3 N–H and O–H groups in total. The number of amides is 1. The van der Waals surface area contributed by atoms with Crippen LogP contribution in [0.5, 0.6) is 0 Å². The van der Waals surface area contributed by atoms with E-state index in [4.69, 9.17) is 13.8 Å². The van der Waals surface area contributed by atoms with Crippen LogP contribution in [0.4, 0.5) is 0 Å². The third-order valence-corrected chi connectivity index (χ3v) is 11.4. The average molecular weight is 828 g/mol. The van der Waals surface area contributed by atoms with Crippen molar-refractivity contribution in [3.05, 3.63) is 24.3 Å². The lowest BCUT2D eigenvalue weighted by Crippen LogP contribution is -2.27. The zero-order valence-corrected chi connectivity index (χ0v) is 37.9. The minimum Gasteiger partial charge on any atom is -0.463 e. The van der Waals surface area contributed by atoms with Crippen LogP contribution in [0.25, 0.3) is 0 Å². The number of hydrogen-bond donors (Lipinski definition) is 3. The normalized spacial score (nSPS) is 13.4. The van der Waals surface area contributed by atoms with Gasteiger partial charge in [-0.3, -0.25) is 18.6 Å². The Morgan fingerprint density at radius 2 is 0.947 bits per heavy atom. The number of nitrogens with one attached hydrogen (secondary N) is 1. The van der Waals surface area contributed by atoms with E-state index in [9.17, 15) is 24.2 Å². The molecule has 0 aromatic heterocycles. The summed E-state index contributed by atoms with van der Waals surface area (Å²) in [6, 6.07) is 0. The van der Waals surface area contributed by atoms with E-state index in [-0.39, 0.29) is 32.1 Å². The minimum absolute atomic E-state index is 0.0851. The first kappa shape index (κ1) is 55.5. The topological polar surface area (TPSA) is 131 Å². The molecule has 0 saturated heterocycles. The largest absolute Gasteiger partial charge is 0.472 e. The van der Waals surface area contributed by atoms with Crippen LogP contribution in [-0.2, 0) is 27.9 Å². The number of aliphatic hydroxyl groups excluding tert-OH is 1. The van der Waals surface area contributed by atoms with E-state index in [1.807, 2.05) is 0 Å². The van der Waals surface area contributed by atoms with E-state index in [0.29, 0.717) is 6.42 Å². The third kappa shape index (κ3) is 45.4. The van der Waals surface area contributed by atoms with Crippen LogP contribution in [-0.4, -0.2) is 54.3 Å². The number of ether oxygens (including phenoxy) is 1. The number of allylic oxidation sites excluding steroid dienone is 4. The molecule has 0 bridgehead atoms. The molecule has 0 aliphatic carbocycles. The van der Waals surface area contributed by atoms with Crippen LogP contribution >= 0.6 is 7.82 Å². The summed E-state index contributed by atoms with van der Waals surface area (Å²) in [7, 11) is -4.42. The summed E-state index contributed by atoms with van der Waals surface area (Å²) < 4.78 is 26.9. The van der Waals surface area contributed by atoms with Gasteiger partial charge in [-0.05, 0) is 44.9 Å². The molecule has 2 unspecified atom stereocenters. The van der Waals surface area contributed by atoms with Crippen molar-refractivity contribution in [3.8, 4) is 0 Å². The van der Waals surface area contributed by atoms with Crippen molar-refractivity contribution in [3.63, 3.8) is 0 Å². The van der Waals surface area contributed by atoms with Gasteiger partial charge in [-0.15, -0.1) is 0 Å². The Balaban J connectivity index is 3.56. The summed E-state index contributed by atoms with van der Waals surface area (Å²) >= 11 is 0. The van der Waals surface area contributed by atoms with Crippen LogP contribution in [0.2, 0.25) is 0 Å². The zero-order valence-electron chi connectivity index (χ0n) is 37.0. The fourth-order valence-electron chi connectivity index (χ4n) is 6.77. The highest BCUT2D eigenvalue weighted by molar-refractivity contribution is 7.47. The second kappa shape index (κ2) is 44.1. The standard InChI is InChI=1S/C47H90NO8P/c1-3-5-7-9-11-13-15-17-19-21-22-24-26-28-30-32-34-36-38-40-47(51)54-43-45(49)44-56-57(52,53)55-42-41-48-46(50)39-37-35-33-31-29-27-25-23-20-18-16-14-12-10-8-6-4-2/h11,13,17,19,45,49H,3-10,12,14-16,18,20-44H2,1-2H3,(H,48,50)(H,52,53)/b13-11-,19-17-. The Morgan fingerprint density at radius 3 is 1.44 bits per heavy atom. The Kier molecular flexibility index (Phi) is 42.9. The van der Waals surface area contributed by atoms with Gasteiger partial charge in [0.2, 0.25) is 5.91 Å². The van der Waals surface area contributed by atoms with Crippen molar-refractivity contribution in [1.29, 1.82) is 0 Å². The molecule has 0 aliphatic rings. The number of rotatable bonds is 45. The van der Waals surface area contributed by atoms with Crippen LogP contribution in [0.15, 0.2) is 24.3 Å². The molecule has 0 radical (unpaired) electrons. The molecule has 0 saturated carbocycles. The van der Waals surface area contributed by atoms with Gasteiger partial charge in [0.05, 0.1) is 13.2 Å². The monoisotopic (exact) mass is 828 g/mol. The smallest absolute Gasteiger partial charge is 0.463 e. The predicted molar refractivity (Wildman–Crippen MR) is 238 cm³/mol. The van der Waals surface area contributed by atoms with Gasteiger partial charge in [-0.2, -0.15) is 0 Å². The van der Waals surface area contributed by atoms with Crippen LogP contribution in [0, 0.1) is 0 Å². The highest BCUT2D eigenvalue weighted by Crippen LogP contribution is 2.42. The molecular weight excluding hydrogens is 737 g/mol. The number of aliphatic hydroxyl groups is 1. The summed E-state index contributed by atoms with van der Waals surface area (Å²) in [4.78, 5) is 34.0. The number of esters is 1. The van der Waals surface area contributed by atoms with Gasteiger partial charge in [0.15, 0.2) is 0 Å². The van der Waals surface area contributed by atoms with Gasteiger partial charge in [0.25, 0.3) is 0 Å². The van der Waals surface area contributed by atoms with Crippen molar-refractivity contribution >= 4 is 19.7 Å². The lowest BCUT2D eigenvalue weighted by atomic mass is 10.0.